The van der Waals surface area contributed by atoms with Crippen molar-refractivity contribution in [2.24, 2.45) is 0 Å². The van der Waals surface area contributed by atoms with Crippen LogP contribution in [-0.2, 0) is 24.5 Å². The maximum absolute atomic E-state index is 12.4. The summed E-state index contributed by atoms with van der Waals surface area (Å²) in [6, 6.07) is 6.33. The van der Waals surface area contributed by atoms with Crippen molar-refractivity contribution in [1.29, 1.82) is 0 Å². The van der Waals surface area contributed by atoms with Crippen LogP contribution in [0.25, 0.3) is 0 Å². The first-order chi connectivity index (χ1) is 13.5. The molecule has 2 aliphatic rings. The van der Waals surface area contributed by atoms with Crippen LogP contribution in [0.1, 0.15) is 56.5 Å². The average molecular weight is 419 g/mol. The van der Waals surface area contributed by atoms with Gasteiger partial charge >= 0.3 is 5.97 Å². The fraction of sp³-hybridized carbons (Fsp3) is 0.524. The van der Waals surface area contributed by atoms with Gasteiger partial charge in [-0.05, 0) is 36.5 Å². The first kappa shape index (κ1) is 21.4. The van der Waals surface area contributed by atoms with E-state index >= 15 is 0 Å². The number of nitrogens with zero attached hydrogens (tertiary/aromatic N) is 1. The van der Waals surface area contributed by atoms with E-state index in [9.17, 15) is 19.2 Å². The first-order valence-electron chi connectivity index (χ1n) is 9.59. The molecule has 0 spiro atoms. The van der Waals surface area contributed by atoms with Gasteiger partial charge in [0.2, 0.25) is 5.91 Å². The van der Waals surface area contributed by atoms with Crippen molar-refractivity contribution in [2.75, 3.05) is 12.4 Å². The maximum Gasteiger partial charge on any atom is 0.330 e. The van der Waals surface area contributed by atoms with Gasteiger partial charge in [-0.3, -0.25) is 19.7 Å². The Bertz CT molecular complexity index is 846. The Hall–Kier alpha value is -2.35. The van der Waals surface area contributed by atoms with Crippen molar-refractivity contribution in [3.05, 3.63) is 35.4 Å². The molecular formula is C21H26N2O5S. The fourth-order valence-corrected chi connectivity index (χ4v) is 5.00. The minimum atomic E-state index is -0.704. The largest absolute Gasteiger partial charge is 0.454 e. The fourth-order valence-electron chi connectivity index (χ4n) is 3.58. The number of hydrogen-bond acceptors (Lipinski definition) is 6. The highest BCUT2D eigenvalue weighted by molar-refractivity contribution is 8.01. The third-order valence-corrected chi connectivity index (χ3v) is 6.83. The van der Waals surface area contributed by atoms with Gasteiger partial charge in [0, 0.05) is 17.7 Å². The Morgan fingerprint density at radius 3 is 2.52 bits per heavy atom. The van der Waals surface area contributed by atoms with E-state index in [0.29, 0.717) is 24.2 Å². The number of nitrogens with one attached hydrogen (secondary N) is 1. The molecule has 0 saturated carbocycles. The standard InChI is InChI=1S/C21H26N2O5S/c1-20(2,3)14-7-5-13(6-8-14)18(26)22-16(24)11-28-19(27)15-12-29-21(4)10-9-17(25)23(15)21/h5-8,15H,9-12H2,1-4H3,(H,22,24,26)/t15-,21+/m1/s1. The molecule has 8 heteroatoms. The highest BCUT2D eigenvalue weighted by Crippen LogP contribution is 2.47. The van der Waals surface area contributed by atoms with E-state index in [4.69, 9.17) is 4.74 Å². The van der Waals surface area contributed by atoms with Crippen molar-refractivity contribution in [1.82, 2.24) is 10.2 Å². The van der Waals surface area contributed by atoms with E-state index in [1.807, 2.05) is 19.1 Å². The molecular weight excluding hydrogens is 392 g/mol. The van der Waals surface area contributed by atoms with Gasteiger partial charge in [-0.2, -0.15) is 0 Å². The number of hydrogen-bond donors (Lipinski definition) is 1. The molecule has 1 aromatic carbocycles. The SMILES string of the molecule is CC(C)(C)c1ccc(C(=O)NC(=O)COC(=O)[C@H]2CS[C@@]3(C)CCC(=O)N23)cc1. The molecule has 2 saturated heterocycles. The second kappa shape index (κ2) is 7.82. The van der Waals surface area contributed by atoms with Crippen LogP contribution in [0.4, 0.5) is 0 Å². The lowest BCUT2D eigenvalue weighted by Crippen LogP contribution is -2.47. The normalized spacial score (nSPS) is 23.7. The van der Waals surface area contributed by atoms with Crippen molar-refractivity contribution < 1.29 is 23.9 Å². The first-order valence-corrected chi connectivity index (χ1v) is 10.6. The van der Waals surface area contributed by atoms with Crippen LogP contribution in [0.5, 0.6) is 0 Å². The molecule has 7 nitrogen and oxygen atoms in total. The molecule has 3 amide bonds. The Morgan fingerprint density at radius 1 is 1.24 bits per heavy atom. The van der Waals surface area contributed by atoms with Gasteiger partial charge in [-0.15, -0.1) is 11.8 Å². The third-order valence-electron chi connectivity index (χ3n) is 5.33. The van der Waals surface area contributed by atoms with Gasteiger partial charge in [0.15, 0.2) is 6.61 Å². The molecule has 0 aromatic heterocycles. The summed E-state index contributed by atoms with van der Waals surface area (Å²) in [5, 5.41) is 2.22. The number of ether oxygens (including phenoxy) is 1. The Balaban J connectivity index is 1.51. The molecule has 2 heterocycles. The molecule has 0 aliphatic carbocycles. The highest BCUT2D eigenvalue weighted by Gasteiger charge is 2.53. The summed E-state index contributed by atoms with van der Waals surface area (Å²) >= 11 is 1.55. The molecule has 2 atom stereocenters. The zero-order chi connectivity index (χ0) is 21.4. The van der Waals surface area contributed by atoms with Crippen LogP contribution in [-0.4, -0.2) is 51.9 Å². The van der Waals surface area contributed by atoms with Crippen molar-refractivity contribution in [2.45, 2.75) is 56.9 Å². The second-order valence-electron chi connectivity index (χ2n) is 8.58. The van der Waals surface area contributed by atoms with Gasteiger partial charge in [-0.25, -0.2) is 4.79 Å². The quantitative estimate of drug-likeness (QED) is 0.754. The number of rotatable bonds is 4. The lowest BCUT2D eigenvalue weighted by atomic mass is 9.87. The summed E-state index contributed by atoms with van der Waals surface area (Å²) in [6.45, 7) is 7.58. The topological polar surface area (TPSA) is 92.8 Å². The van der Waals surface area contributed by atoms with Crippen molar-refractivity contribution >= 4 is 35.5 Å². The van der Waals surface area contributed by atoms with Crippen LogP contribution in [0.2, 0.25) is 0 Å². The van der Waals surface area contributed by atoms with Crippen LogP contribution in [0.15, 0.2) is 24.3 Å². The lowest BCUT2D eigenvalue weighted by molar-refractivity contribution is -0.156. The zero-order valence-electron chi connectivity index (χ0n) is 17.1. The summed E-state index contributed by atoms with van der Waals surface area (Å²) in [7, 11) is 0. The Morgan fingerprint density at radius 2 is 1.90 bits per heavy atom. The molecule has 0 bridgehead atoms. The summed E-state index contributed by atoms with van der Waals surface area (Å²) in [5.74, 6) is -1.50. The summed E-state index contributed by atoms with van der Waals surface area (Å²) < 4.78 is 5.08. The molecule has 2 aliphatic heterocycles. The number of benzene rings is 1. The van der Waals surface area contributed by atoms with Crippen LogP contribution < -0.4 is 5.32 Å². The smallest absolute Gasteiger partial charge is 0.330 e. The average Bonchev–Trinajstić information content (AvgIpc) is 3.15. The van der Waals surface area contributed by atoms with Crippen molar-refractivity contribution in [3.8, 4) is 0 Å². The minimum absolute atomic E-state index is 0.0373. The Labute approximate surface area is 174 Å². The molecule has 156 valence electrons. The molecule has 1 N–H and O–H groups in total. The minimum Gasteiger partial charge on any atom is -0.454 e. The maximum atomic E-state index is 12.4. The Kier molecular flexibility index (Phi) is 5.76. The number of fused-ring (bicyclic) bond motifs is 1. The summed E-state index contributed by atoms with van der Waals surface area (Å²) in [4.78, 5) is 49.9. The van der Waals surface area contributed by atoms with Gasteiger partial charge in [0.05, 0.1) is 4.87 Å². The number of esters is 1. The second-order valence-corrected chi connectivity index (χ2v) is 10.1. The van der Waals surface area contributed by atoms with E-state index in [1.54, 1.807) is 28.8 Å². The highest BCUT2D eigenvalue weighted by atomic mass is 32.2. The predicted molar refractivity (Wildman–Crippen MR) is 109 cm³/mol. The van der Waals surface area contributed by atoms with Crippen LogP contribution in [0, 0.1) is 0 Å². The number of thioether (sulfide) groups is 1. The third kappa shape index (κ3) is 4.47. The predicted octanol–water partition coefficient (Wildman–Crippen LogP) is 2.24. The van der Waals surface area contributed by atoms with Crippen LogP contribution >= 0.6 is 11.8 Å². The molecule has 0 radical (unpaired) electrons. The molecule has 29 heavy (non-hydrogen) atoms. The van der Waals surface area contributed by atoms with E-state index in [0.717, 1.165) is 5.56 Å². The zero-order valence-corrected chi connectivity index (χ0v) is 17.9. The van der Waals surface area contributed by atoms with Crippen molar-refractivity contribution in [3.63, 3.8) is 0 Å². The lowest BCUT2D eigenvalue weighted by Gasteiger charge is -2.29. The van der Waals surface area contributed by atoms with E-state index in [-0.39, 0.29) is 16.2 Å². The molecule has 0 unspecified atom stereocenters. The van der Waals surface area contributed by atoms with Gasteiger partial charge < -0.3 is 9.64 Å². The number of carbonyl (C=O) groups is 4. The van der Waals surface area contributed by atoms with Gasteiger partial charge in [-0.1, -0.05) is 32.9 Å². The summed E-state index contributed by atoms with van der Waals surface area (Å²) in [6.07, 6.45) is 1.11. The van der Waals surface area contributed by atoms with E-state index in [2.05, 4.69) is 26.1 Å². The molecule has 1 aromatic rings. The number of carbonyl (C=O) groups excluding carboxylic acids is 4. The summed E-state index contributed by atoms with van der Waals surface area (Å²) in [5.41, 5.74) is 1.39. The monoisotopic (exact) mass is 418 g/mol. The van der Waals surface area contributed by atoms with Gasteiger partial charge in [0.1, 0.15) is 6.04 Å². The van der Waals surface area contributed by atoms with E-state index in [1.165, 1.54) is 0 Å². The van der Waals surface area contributed by atoms with Crippen LogP contribution in [0.3, 0.4) is 0 Å². The number of imide groups is 1. The van der Waals surface area contributed by atoms with Gasteiger partial charge in [0.25, 0.3) is 11.8 Å². The molecule has 2 fully saturated rings. The molecule has 3 rings (SSSR count). The van der Waals surface area contributed by atoms with E-state index < -0.39 is 30.4 Å². The number of amides is 3.